The molecule has 6 rings (SSSR count). The first-order valence-electron chi connectivity index (χ1n) is 15.1. The summed E-state index contributed by atoms with van der Waals surface area (Å²) < 4.78 is 33.3. The summed E-state index contributed by atoms with van der Waals surface area (Å²) in [5.74, 6) is -1.02. The number of nitrogens with two attached hydrogens (primary N) is 1. The van der Waals surface area contributed by atoms with Gasteiger partial charge in [-0.1, -0.05) is 19.4 Å². The summed E-state index contributed by atoms with van der Waals surface area (Å²) >= 11 is 1.69. The minimum absolute atomic E-state index is 0.0200. The van der Waals surface area contributed by atoms with Crippen molar-refractivity contribution in [1.29, 1.82) is 5.41 Å². The number of carbonyl (C=O) groups is 2. The largest absolute Gasteiger partial charge is 0.445 e. The van der Waals surface area contributed by atoms with Crippen LogP contribution in [-0.2, 0) is 9.53 Å². The highest BCUT2D eigenvalue weighted by atomic mass is 32.2. The van der Waals surface area contributed by atoms with Crippen LogP contribution >= 0.6 is 23.1 Å². The van der Waals surface area contributed by atoms with E-state index in [-0.39, 0.29) is 36.4 Å². The Bertz CT molecular complexity index is 1560. The molecule has 7 nitrogen and oxygen atoms in total. The molecule has 234 valence electrons. The molecule has 0 aliphatic heterocycles. The molecule has 1 heterocycles. The SMILES string of the molecule is Cc1ncsc1C(=O)O[C@]1(C(=O)SCF)CCC2[C@@H]3CCC4=CC([NH2+]c5ccc(F)cc5)=C(C=N)C[C@]4(C)C3[C@@H](O)C[C@@]21C. The zero-order chi connectivity index (χ0) is 31.4. The van der Waals surface area contributed by atoms with Crippen LogP contribution < -0.4 is 5.32 Å². The van der Waals surface area contributed by atoms with Crippen LogP contribution in [0, 0.1) is 46.7 Å². The molecule has 1 aromatic carbocycles. The molecule has 3 saturated carbocycles. The summed E-state index contributed by atoms with van der Waals surface area (Å²) in [6, 6.07) is 5.36. The maximum atomic E-state index is 13.7. The predicted octanol–water partition coefficient (Wildman–Crippen LogP) is 6.02. The Hall–Kier alpha value is -2.73. The number of rotatable bonds is 7. The summed E-state index contributed by atoms with van der Waals surface area (Å²) in [7, 11) is 0. The lowest BCUT2D eigenvalue weighted by Crippen LogP contribution is -2.76. The molecule has 11 heteroatoms. The zero-order valence-electron chi connectivity index (χ0n) is 25.1. The van der Waals surface area contributed by atoms with Gasteiger partial charge in [0.15, 0.2) is 5.60 Å². The van der Waals surface area contributed by atoms with Crippen molar-refractivity contribution in [2.45, 2.75) is 71.0 Å². The van der Waals surface area contributed by atoms with Crippen LogP contribution in [0.2, 0.25) is 0 Å². The first-order valence-corrected chi connectivity index (χ1v) is 16.9. The number of allylic oxidation sites excluding steroid dienone is 3. The Morgan fingerprint density at radius 2 is 2.02 bits per heavy atom. The van der Waals surface area contributed by atoms with E-state index in [0.717, 1.165) is 41.1 Å². The van der Waals surface area contributed by atoms with Crippen LogP contribution in [-0.4, -0.2) is 45.1 Å². The number of aromatic nitrogens is 1. The standard InChI is InChI=1S/C33H37F2N3O4S2/c1-18-28(44-17-37-18)29(40)42-33(30(41)43-16-34)11-10-24-23-9-4-20-12-25(38-22-7-5-21(35)6-8-22)19(15-36)13-31(20,2)27(23)26(39)14-32(24,33)3/h5-8,12,15,17,23-24,26-27,36,38-39H,4,9-11,13-14,16H2,1-3H3/p+1/t23-,24?,26-,27?,31-,32-,33-/m0/s1. The number of quaternary nitrogens is 1. The second-order valence-corrected chi connectivity index (χ2v) is 14.9. The summed E-state index contributed by atoms with van der Waals surface area (Å²) in [5, 5.41) is 21.8. The lowest BCUT2D eigenvalue weighted by atomic mass is 9.45. The number of carbonyl (C=O) groups excluding carboxylic acids is 2. The second kappa shape index (κ2) is 11.6. The Kier molecular flexibility index (Phi) is 8.22. The lowest BCUT2D eigenvalue weighted by Gasteiger charge is -2.60. The van der Waals surface area contributed by atoms with Crippen LogP contribution in [0.15, 0.2) is 52.7 Å². The normalized spacial score (nSPS) is 34.5. The molecule has 1 aromatic heterocycles. The number of fused-ring (bicyclic) bond motifs is 5. The molecule has 0 radical (unpaired) electrons. The van der Waals surface area contributed by atoms with Gasteiger partial charge in [-0.3, -0.25) is 10.1 Å². The molecular weight excluding hydrogens is 605 g/mol. The van der Waals surface area contributed by atoms with Gasteiger partial charge >= 0.3 is 5.97 Å². The fraction of sp³-hybridized carbons (Fsp3) is 0.515. The summed E-state index contributed by atoms with van der Waals surface area (Å²) in [6.07, 6.45) is 6.05. The highest BCUT2D eigenvalue weighted by Crippen LogP contribution is 2.69. The van der Waals surface area contributed by atoms with Crippen LogP contribution in [0.25, 0.3) is 0 Å². The van der Waals surface area contributed by atoms with E-state index < -0.39 is 39.6 Å². The molecule has 2 aromatic rings. The number of aliphatic hydroxyl groups is 1. The summed E-state index contributed by atoms with van der Waals surface area (Å²) in [4.78, 5) is 31.7. The first kappa shape index (κ1) is 31.3. The van der Waals surface area contributed by atoms with E-state index in [2.05, 4.69) is 18.0 Å². The number of hydrogen-bond acceptors (Lipinski definition) is 8. The molecule has 0 saturated heterocycles. The quantitative estimate of drug-likeness (QED) is 0.193. The van der Waals surface area contributed by atoms with Crippen molar-refractivity contribution < 1.29 is 33.5 Å². The molecule has 0 amide bonds. The third-order valence-corrected chi connectivity index (χ3v) is 12.7. The van der Waals surface area contributed by atoms with Crippen molar-refractivity contribution in [2.24, 2.45) is 28.6 Å². The third kappa shape index (κ3) is 4.82. The van der Waals surface area contributed by atoms with Crippen LogP contribution in [0.4, 0.5) is 14.5 Å². The highest BCUT2D eigenvalue weighted by molar-refractivity contribution is 8.13. The van der Waals surface area contributed by atoms with Gasteiger partial charge in [-0.2, -0.15) is 0 Å². The van der Waals surface area contributed by atoms with Gasteiger partial charge in [0, 0.05) is 29.3 Å². The Morgan fingerprint density at radius 1 is 1.27 bits per heavy atom. The second-order valence-electron chi connectivity index (χ2n) is 13.2. The zero-order valence-corrected chi connectivity index (χ0v) is 26.7. The van der Waals surface area contributed by atoms with Gasteiger partial charge in [-0.25, -0.2) is 18.6 Å². The van der Waals surface area contributed by atoms with Crippen molar-refractivity contribution in [3.63, 3.8) is 0 Å². The maximum absolute atomic E-state index is 13.7. The molecule has 2 unspecified atom stereocenters. The minimum Gasteiger partial charge on any atom is -0.445 e. The van der Waals surface area contributed by atoms with Crippen molar-refractivity contribution in [1.82, 2.24) is 4.98 Å². The number of thioether (sulfide) groups is 1. The number of hydrogen-bond donors (Lipinski definition) is 3. The Morgan fingerprint density at radius 3 is 2.68 bits per heavy atom. The number of aryl methyl sites for hydroxylation is 1. The van der Waals surface area contributed by atoms with Crippen LogP contribution in [0.5, 0.6) is 0 Å². The van der Waals surface area contributed by atoms with Crippen LogP contribution in [0.3, 0.4) is 0 Å². The van der Waals surface area contributed by atoms with Gasteiger partial charge < -0.3 is 15.3 Å². The van der Waals surface area contributed by atoms with Crippen LogP contribution in [0.1, 0.15) is 67.7 Å². The molecule has 0 spiro atoms. The van der Waals surface area contributed by atoms with Gasteiger partial charge in [-0.05, 0) is 98.6 Å². The predicted molar refractivity (Wildman–Crippen MR) is 166 cm³/mol. The number of esters is 1. The molecule has 4 aliphatic carbocycles. The fourth-order valence-electron chi connectivity index (χ4n) is 9.13. The molecular formula is C33H38F2N3O4S2+. The molecule has 0 bridgehead atoms. The highest BCUT2D eigenvalue weighted by Gasteiger charge is 2.71. The monoisotopic (exact) mass is 642 g/mol. The smallest absolute Gasteiger partial charge is 0.351 e. The van der Waals surface area contributed by atoms with E-state index in [9.17, 15) is 23.5 Å². The van der Waals surface area contributed by atoms with Crippen molar-refractivity contribution in [2.75, 3.05) is 6.01 Å². The van der Waals surface area contributed by atoms with Crippen molar-refractivity contribution in [3.8, 4) is 0 Å². The average molecular weight is 643 g/mol. The molecule has 3 fully saturated rings. The van der Waals surface area contributed by atoms with Crippen molar-refractivity contribution >= 4 is 46.1 Å². The van der Waals surface area contributed by atoms with Gasteiger partial charge in [0.2, 0.25) is 5.12 Å². The van der Waals surface area contributed by atoms with Crippen molar-refractivity contribution in [3.05, 3.63) is 69.1 Å². The number of halogens is 2. The van der Waals surface area contributed by atoms with Gasteiger partial charge in [-0.15, -0.1) is 11.3 Å². The van der Waals surface area contributed by atoms with E-state index in [1.165, 1.54) is 23.9 Å². The third-order valence-electron chi connectivity index (χ3n) is 11.1. The van der Waals surface area contributed by atoms with E-state index >= 15 is 0 Å². The maximum Gasteiger partial charge on any atom is 0.351 e. The number of thiazole rings is 1. The van der Waals surface area contributed by atoms with Gasteiger partial charge in [0.25, 0.3) is 0 Å². The Balaban J connectivity index is 1.33. The molecule has 4 N–H and O–H groups in total. The summed E-state index contributed by atoms with van der Waals surface area (Å²) in [6.45, 7) is 5.84. The number of alkyl halides is 1. The Labute approximate surface area is 264 Å². The topological polar surface area (TPSA) is 117 Å². The lowest BCUT2D eigenvalue weighted by molar-refractivity contribution is -0.513. The van der Waals surface area contributed by atoms with E-state index in [4.69, 9.17) is 10.1 Å². The number of nitrogens with one attached hydrogen (secondary N) is 1. The van der Waals surface area contributed by atoms with E-state index in [1.807, 2.05) is 12.2 Å². The van der Waals surface area contributed by atoms with Gasteiger partial charge in [0.05, 0.1) is 17.3 Å². The van der Waals surface area contributed by atoms with E-state index in [1.54, 1.807) is 24.6 Å². The number of benzene rings is 1. The van der Waals surface area contributed by atoms with Gasteiger partial charge in [0.1, 0.15) is 28.1 Å². The first-order chi connectivity index (χ1) is 21.0. The summed E-state index contributed by atoms with van der Waals surface area (Å²) in [5.41, 5.74) is 3.08. The number of nitrogens with zero attached hydrogens (tertiary/aromatic N) is 1. The number of aliphatic hydroxyl groups excluding tert-OH is 1. The number of ether oxygens (including phenoxy) is 1. The molecule has 4 aliphatic rings. The fourth-order valence-corrected chi connectivity index (χ4v) is 10.5. The average Bonchev–Trinajstić information content (AvgIpc) is 3.54. The van der Waals surface area contributed by atoms with E-state index in [0.29, 0.717) is 35.2 Å². The molecule has 7 atom stereocenters. The minimum atomic E-state index is -1.56. The molecule has 44 heavy (non-hydrogen) atoms.